The molecule has 0 bridgehead atoms. The number of rotatable bonds is 11. The Balaban J connectivity index is 0.000000119. The maximum atomic E-state index is 14.7. The molecular formula is C124H117FN5+5. The van der Waals surface area contributed by atoms with Crippen molar-refractivity contribution in [3.05, 3.63) is 449 Å². The van der Waals surface area contributed by atoms with Crippen molar-refractivity contribution in [2.24, 2.45) is 35.2 Å². The van der Waals surface area contributed by atoms with Crippen molar-refractivity contribution in [3.8, 4) is 112 Å². The maximum Gasteiger partial charge on any atom is 0.220 e. The highest BCUT2D eigenvalue weighted by atomic mass is 19.1. The number of fused-ring (bicyclic) bond motifs is 5. The van der Waals surface area contributed by atoms with E-state index in [1.54, 1.807) is 6.07 Å². The molecule has 0 saturated carbocycles. The summed E-state index contributed by atoms with van der Waals surface area (Å²) in [6.45, 7) is 28.3. The Kier molecular flexibility index (Phi) is 26.5. The Morgan fingerprint density at radius 2 is 0.485 bits per heavy atom. The normalized spacial score (nSPS) is 11.1. The summed E-state index contributed by atoms with van der Waals surface area (Å²) in [6, 6.07) is 123. The van der Waals surface area contributed by atoms with Gasteiger partial charge in [-0.2, -0.15) is 0 Å². The van der Waals surface area contributed by atoms with Gasteiger partial charge in [0, 0.05) is 41.5 Å². The molecule has 5 nitrogen and oxygen atoms in total. The second kappa shape index (κ2) is 38.9. The lowest BCUT2D eigenvalue weighted by molar-refractivity contribution is -0.659. The molecule has 0 unspecified atom stereocenters. The van der Waals surface area contributed by atoms with Crippen LogP contribution in [0.15, 0.2) is 377 Å². The van der Waals surface area contributed by atoms with Crippen molar-refractivity contribution in [2.45, 2.75) is 95.9 Å². The first-order valence-corrected chi connectivity index (χ1v) is 45.3. The topological polar surface area (TPSA) is 19.4 Å². The summed E-state index contributed by atoms with van der Waals surface area (Å²) >= 11 is 0. The third kappa shape index (κ3) is 19.1. The van der Waals surface area contributed by atoms with Gasteiger partial charge in [-0.05, 0) is 265 Å². The fraction of sp³-hybridized carbons (Fsp3) is 0.153. The predicted molar refractivity (Wildman–Crippen MR) is 546 cm³/mol. The molecule has 15 aromatic carbocycles. The van der Waals surface area contributed by atoms with Crippen molar-refractivity contribution in [1.82, 2.24) is 0 Å². The molecule has 6 heteroatoms. The summed E-state index contributed by atoms with van der Waals surface area (Å²) in [5.41, 5.74) is 39.5. The van der Waals surface area contributed by atoms with E-state index >= 15 is 0 Å². The first-order valence-electron chi connectivity index (χ1n) is 45.3. The number of aryl methyl sites for hydroxylation is 14. The quantitative estimate of drug-likeness (QED) is 0.115. The molecule has 20 aromatic rings. The lowest BCUT2D eigenvalue weighted by Gasteiger charge is -2.17. The molecule has 5 heterocycles. The van der Waals surface area contributed by atoms with Crippen molar-refractivity contribution in [3.63, 3.8) is 0 Å². The van der Waals surface area contributed by atoms with Crippen LogP contribution in [0.1, 0.15) is 86.5 Å². The third-order valence-corrected chi connectivity index (χ3v) is 25.8. The molecule has 0 fully saturated rings. The van der Waals surface area contributed by atoms with Gasteiger partial charge >= 0.3 is 0 Å². The van der Waals surface area contributed by atoms with Gasteiger partial charge in [0.15, 0.2) is 31.0 Å². The minimum atomic E-state index is -0.184. The third-order valence-electron chi connectivity index (χ3n) is 25.8. The molecule has 0 saturated heterocycles. The van der Waals surface area contributed by atoms with Gasteiger partial charge in [0.05, 0.1) is 49.2 Å². The number of benzene rings is 15. The Morgan fingerprint density at radius 1 is 0.200 bits per heavy atom. The number of aromatic nitrogens is 5. The molecule has 0 amide bonds. The summed E-state index contributed by atoms with van der Waals surface area (Å²) < 4.78 is 25.8. The molecule has 5 aromatic heterocycles. The van der Waals surface area contributed by atoms with Gasteiger partial charge in [-0.3, -0.25) is 0 Å². The molecule has 0 radical (unpaired) electrons. The largest absolute Gasteiger partial charge is 0.220 e. The van der Waals surface area contributed by atoms with E-state index in [0.29, 0.717) is 11.5 Å². The van der Waals surface area contributed by atoms with E-state index in [9.17, 15) is 4.39 Å². The van der Waals surface area contributed by atoms with Gasteiger partial charge in [-0.1, -0.05) is 290 Å². The van der Waals surface area contributed by atoms with Crippen LogP contribution in [0, 0.1) is 82.0 Å². The van der Waals surface area contributed by atoms with Crippen LogP contribution in [0.2, 0.25) is 0 Å². The second-order valence-electron chi connectivity index (χ2n) is 35.7. The second-order valence-corrected chi connectivity index (χ2v) is 35.7. The molecule has 0 N–H and O–H groups in total. The van der Waals surface area contributed by atoms with Gasteiger partial charge in [-0.25, -0.2) is 27.2 Å². The Labute approximate surface area is 768 Å². The molecular weight excluding hydrogens is 1580 g/mol. The number of pyridine rings is 5. The van der Waals surface area contributed by atoms with Crippen LogP contribution in [-0.2, 0) is 35.2 Å². The molecule has 0 aliphatic heterocycles. The molecule has 0 aliphatic rings. The number of hydrogen-bond acceptors (Lipinski definition) is 0. The standard InChI is InChI=1S/C27H28N.C25H24N.C24H21FN.2C24H22N/c1-18(2)25-16-23(21-9-7-6-8-10-21)17-26(20(25)4)27-24-12-11-19(3)15-22(24)13-14-28(27)5;1-17-10-11-23-21(14-17)12-13-26(4)25(23)24-16-22(15-18(2)19(24)3)20-8-6-5-7-9-20;1-16-9-10-20-19(13-16)11-12-26(3)24(20)21-15-22(23(25)14-17(21)2)18-7-5-4-6-8-18;1-17-9-12-22-21(15-17)13-14-25(3)24(22)23-16-20(11-10-18(23)2)19-7-5-4-6-8-19;1-17-9-11-23-21(15-17)13-14-25(3)24(23)22-12-10-20(16-18(22)2)19-7-5-4-6-8-19/h6-18H,1-5H3;5-16H,1-4H3;4-15H,1-3H3;2*4-16H,1-3H3/q5*+1. The maximum absolute atomic E-state index is 14.7. The average Bonchev–Trinajstić information content (AvgIpc) is 0.737. The van der Waals surface area contributed by atoms with E-state index < -0.39 is 0 Å². The van der Waals surface area contributed by atoms with Crippen LogP contribution in [0.25, 0.3) is 166 Å². The van der Waals surface area contributed by atoms with Crippen molar-refractivity contribution in [1.29, 1.82) is 0 Å². The predicted octanol–water partition coefficient (Wildman–Crippen LogP) is 29.6. The Bertz CT molecular complexity index is 7600. The highest BCUT2D eigenvalue weighted by Gasteiger charge is 2.27. The van der Waals surface area contributed by atoms with E-state index in [1.165, 1.54) is 205 Å². The lowest BCUT2D eigenvalue weighted by Crippen LogP contribution is -2.31. The molecule has 20 rings (SSSR count). The van der Waals surface area contributed by atoms with Crippen molar-refractivity contribution in [2.75, 3.05) is 0 Å². The first kappa shape index (κ1) is 88.7. The van der Waals surface area contributed by atoms with Gasteiger partial charge in [-0.15, -0.1) is 0 Å². The van der Waals surface area contributed by atoms with Crippen LogP contribution in [0.5, 0.6) is 0 Å². The van der Waals surface area contributed by atoms with Crippen LogP contribution in [0.3, 0.4) is 0 Å². The molecule has 0 atom stereocenters. The van der Waals surface area contributed by atoms with E-state index in [2.05, 4.69) is 468 Å². The molecule has 0 spiro atoms. The van der Waals surface area contributed by atoms with Gasteiger partial charge < -0.3 is 0 Å². The van der Waals surface area contributed by atoms with Gasteiger partial charge in [0.1, 0.15) is 41.1 Å². The molecule has 130 heavy (non-hydrogen) atoms. The summed E-state index contributed by atoms with van der Waals surface area (Å²) in [4.78, 5) is 0. The van der Waals surface area contributed by atoms with Crippen LogP contribution in [-0.4, -0.2) is 0 Å². The zero-order valence-corrected chi connectivity index (χ0v) is 78.5. The molecule has 0 aliphatic carbocycles. The minimum absolute atomic E-state index is 0.184. The summed E-state index contributed by atoms with van der Waals surface area (Å²) in [5.74, 6) is 0.293. The van der Waals surface area contributed by atoms with E-state index in [0.717, 1.165) is 22.4 Å². The monoisotopic (exact) mass is 1690 g/mol. The zero-order valence-electron chi connectivity index (χ0n) is 78.5. The summed E-state index contributed by atoms with van der Waals surface area (Å²) in [5, 5.41) is 12.7. The lowest BCUT2D eigenvalue weighted by atomic mass is 9.87. The first-order chi connectivity index (χ1) is 62.8. The average molecular weight is 1700 g/mol. The van der Waals surface area contributed by atoms with Gasteiger partial charge in [0.2, 0.25) is 28.5 Å². The SMILES string of the molecule is Cc1ccc2c(-c3cc(-c4ccccc4)c(F)cc3C)[n+](C)ccc2c1.Cc1ccc2c(-c3cc(-c4ccccc4)cc(C(C)C)c3C)[n+](C)ccc2c1.Cc1ccc2c(-c3cc(-c4ccccc4)cc(C)c3C)[n+](C)ccc2c1.Cc1ccc2c(-c3cc(-c4ccccc4)ccc3C)[n+](C)ccc2c1.Cc1ccc2c(-c3ccc(-c4ccccc4)cc3C)[n+](C)ccc2c1. The Hall–Kier alpha value is -14.7. The number of hydrogen-bond donors (Lipinski definition) is 0. The van der Waals surface area contributed by atoms with E-state index in [-0.39, 0.29) is 5.82 Å². The molecule has 640 valence electrons. The van der Waals surface area contributed by atoms with Crippen molar-refractivity contribution >= 4 is 53.9 Å². The highest BCUT2D eigenvalue weighted by Crippen LogP contribution is 2.41. The fourth-order valence-electron chi connectivity index (χ4n) is 18.6. The van der Waals surface area contributed by atoms with Gasteiger partial charge in [0.25, 0.3) is 0 Å². The Morgan fingerprint density at radius 3 is 0.846 bits per heavy atom. The zero-order chi connectivity index (χ0) is 91.1. The smallest absolute Gasteiger partial charge is 0.206 e. The number of nitrogens with zero attached hydrogens (tertiary/aromatic N) is 5. The van der Waals surface area contributed by atoms with Crippen LogP contribution in [0.4, 0.5) is 4.39 Å². The van der Waals surface area contributed by atoms with E-state index in [1.807, 2.05) is 50.4 Å². The van der Waals surface area contributed by atoms with Crippen molar-refractivity contribution < 1.29 is 27.2 Å². The van der Waals surface area contributed by atoms with Crippen LogP contribution >= 0.6 is 0 Å². The van der Waals surface area contributed by atoms with Crippen LogP contribution < -0.4 is 22.8 Å². The number of halogens is 1. The fourth-order valence-corrected chi connectivity index (χ4v) is 18.6. The van der Waals surface area contributed by atoms with E-state index in [4.69, 9.17) is 0 Å². The summed E-state index contributed by atoms with van der Waals surface area (Å²) in [7, 11) is 10.6. The summed E-state index contributed by atoms with van der Waals surface area (Å²) in [6.07, 6.45) is 10.7. The highest BCUT2D eigenvalue weighted by molar-refractivity contribution is 6.00. The minimum Gasteiger partial charge on any atom is -0.206 e.